The van der Waals surface area contributed by atoms with E-state index in [9.17, 15) is 9.59 Å². The summed E-state index contributed by atoms with van der Waals surface area (Å²) in [5, 5.41) is 16.8. The van der Waals surface area contributed by atoms with Gasteiger partial charge in [0.25, 0.3) is 0 Å². The van der Waals surface area contributed by atoms with Crippen LogP contribution in [0.3, 0.4) is 0 Å². The summed E-state index contributed by atoms with van der Waals surface area (Å²) < 4.78 is 4.43. The summed E-state index contributed by atoms with van der Waals surface area (Å²) in [5.74, 6) is -2.70. The normalized spacial score (nSPS) is 11.6. The van der Waals surface area contributed by atoms with Crippen LogP contribution < -0.4 is 0 Å². The summed E-state index contributed by atoms with van der Waals surface area (Å²) >= 11 is 0. The fourth-order valence-electron chi connectivity index (χ4n) is 1.56. The number of esters is 1. The second-order valence-electron chi connectivity index (χ2n) is 3.86. The van der Waals surface area contributed by atoms with Gasteiger partial charge in [-0.2, -0.15) is 0 Å². The molecule has 1 aromatic rings. The number of ether oxygens (including phenoxy) is 1. The minimum absolute atomic E-state index is 0.141. The van der Waals surface area contributed by atoms with Crippen molar-refractivity contribution in [2.75, 3.05) is 7.11 Å². The van der Waals surface area contributed by atoms with Gasteiger partial charge in [0.1, 0.15) is 0 Å². The zero-order valence-corrected chi connectivity index (χ0v) is 10.1. The SMILES string of the molecule is COC(=O)CC(=N)[C@@H](Cc1ccccc1)C(=O)O. The first-order valence-corrected chi connectivity index (χ1v) is 5.45. The number of carbonyl (C=O) groups excluding carboxylic acids is 1. The molecule has 0 saturated carbocycles. The first-order valence-electron chi connectivity index (χ1n) is 5.45. The smallest absolute Gasteiger partial charge is 0.312 e. The summed E-state index contributed by atoms with van der Waals surface area (Å²) in [6.07, 6.45) is -0.0910. The van der Waals surface area contributed by atoms with Crippen molar-refractivity contribution in [1.82, 2.24) is 0 Å². The third kappa shape index (κ3) is 4.01. The Kier molecular flexibility index (Phi) is 5.05. The number of carboxylic acids is 1. The highest BCUT2D eigenvalue weighted by Gasteiger charge is 2.25. The van der Waals surface area contributed by atoms with Crippen molar-refractivity contribution >= 4 is 17.7 Å². The molecule has 1 aromatic carbocycles. The Hall–Kier alpha value is -2.17. The van der Waals surface area contributed by atoms with Gasteiger partial charge in [-0.25, -0.2) is 0 Å². The van der Waals surface area contributed by atoms with E-state index in [0.717, 1.165) is 5.56 Å². The van der Waals surface area contributed by atoms with Crippen molar-refractivity contribution in [3.05, 3.63) is 35.9 Å². The zero-order valence-electron chi connectivity index (χ0n) is 10.1. The van der Waals surface area contributed by atoms with Gasteiger partial charge in [-0.05, 0) is 12.0 Å². The Morgan fingerprint density at radius 3 is 2.44 bits per heavy atom. The standard InChI is InChI=1S/C13H15NO4/c1-18-12(15)8-11(14)10(13(16)17)7-9-5-3-2-4-6-9/h2-6,10,14H,7-8H2,1H3,(H,16,17)/t10-/m1/s1. The molecule has 0 aliphatic heterocycles. The lowest BCUT2D eigenvalue weighted by atomic mass is 9.93. The summed E-state index contributed by atoms with van der Waals surface area (Å²) in [6, 6.07) is 9.03. The Morgan fingerprint density at radius 1 is 1.33 bits per heavy atom. The lowest BCUT2D eigenvalue weighted by Crippen LogP contribution is -2.27. The lowest BCUT2D eigenvalue weighted by molar-refractivity contribution is -0.139. The summed E-state index contributed by atoms with van der Waals surface area (Å²) in [7, 11) is 1.21. The van der Waals surface area contributed by atoms with Gasteiger partial charge in [0.05, 0.1) is 19.4 Å². The van der Waals surface area contributed by atoms with E-state index in [1.165, 1.54) is 7.11 Å². The van der Waals surface area contributed by atoms with E-state index in [1.807, 2.05) is 6.07 Å². The lowest BCUT2D eigenvalue weighted by Gasteiger charge is -2.13. The summed E-state index contributed by atoms with van der Waals surface area (Å²) in [5.41, 5.74) is 0.678. The maximum atomic E-state index is 11.1. The Labute approximate surface area is 105 Å². The van der Waals surface area contributed by atoms with Crippen LogP contribution in [0.1, 0.15) is 12.0 Å². The molecule has 5 heteroatoms. The molecular weight excluding hydrogens is 234 g/mol. The van der Waals surface area contributed by atoms with Gasteiger partial charge < -0.3 is 15.3 Å². The molecule has 0 radical (unpaired) electrons. The molecule has 0 saturated heterocycles. The van der Waals surface area contributed by atoms with E-state index in [1.54, 1.807) is 24.3 Å². The molecule has 0 unspecified atom stereocenters. The second kappa shape index (κ2) is 6.54. The maximum Gasteiger partial charge on any atom is 0.312 e. The van der Waals surface area contributed by atoms with Crippen LogP contribution in [0.25, 0.3) is 0 Å². The van der Waals surface area contributed by atoms with E-state index in [0.29, 0.717) is 0 Å². The van der Waals surface area contributed by atoms with E-state index in [-0.39, 0.29) is 18.6 Å². The number of methoxy groups -OCH3 is 1. The fourth-order valence-corrected chi connectivity index (χ4v) is 1.56. The Morgan fingerprint density at radius 2 is 1.94 bits per heavy atom. The number of hydrogen-bond acceptors (Lipinski definition) is 4. The van der Waals surface area contributed by atoms with Crippen LogP contribution in [0.4, 0.5) is 0 Å². The van der Waals surface area contributed by atoms with Crippen LogP contribution in [-0.4, -0.2) is 29.9 Å². The van der Waals surface area contributed by atoms with Gasteiger partial charge >= 0.3 is 11.9 Å². The van der Waals surface area contributed by atoms with Crippen LogP contribution in [0.5, 0.6) is 0 Å². The largest absolute Gasteiger partial charge is 0.481 e. The van der Waals surface area contributed by atoms with Crippen molar-refractivity contribution in [2.24, 2.45) is 5.92 Å². The van der Waals surface area contributed by atoms with Crippen molar-refractivity contribution in [2.45, 2.75) is 12.8 Å². The molecule has 1 rings (SSSR count). The third-order valence-electron chi connectivity index (χ3n) is 2.56. The molecule has 2 N–H and O–H groups in total. The predicted octanol–water partition coefficient (Wildman–Crippen LogP) is 1.51. The number of rotatable bonds is 6. The minimum atomic E-state index is -1.10. The first-order chi connectivity index (χ1) is 8.54. The van der Waals surface area contributed by atoms with E-state index >= 15 is 0 Å². The van der Waals surface area contributed by atoms with E-state index in [2.05, 4.69) is 4.74 Å². The van der Waals surface area contributed by atoms with E-state index in [4.69, 9.17) is 10.5 Å². The molecule has 0 bridgehead atoms. The number of benzene rings is 1. The van der Waals surface area contributed by atoms with Crippen molar-refractivity contribution in [3.8, 4) is 0 Å². The quantitative estimate of drug-likeness (QED) is 0.591. The maximum absolute atomic E-state index is 11.1. The zero-order chi connectivity index (χ0) is 13.5. The number of carbonyl (C=O) groups is 2. The number of nitrogens with one attached hydrogen (secondary N) is 1. The van der Waals surface area contributed by atoms with Gasteiger partial charge in [0.15, 0.2) is 0 Å². The highest BCUT2D eigenvalue weighted by Crippen LogP contribution is 2.12. The minimum Gasteiger partial charge on any atom is -0.481 e. The molecule has 0 aliphatic rings. The van der Waals surface area contributed by atoms with Gasteiger partial charge in [0, 0.05) is 5.71 Å². The van der Waals surface area contributed by atoms with Crippen LogP contribution in [0.2, 0.25) is 0 Å². The van der Waals surface area contributed by atoms with Crippen LogP contribution >= 0.6 is 0 Å². The average molecular weight is 249 g/mol. The first kappa shape index (κ1) is 13.9. The number of carboxylic acid groups (broad SMARTS) is 1. The molecule has 0 spiro atoms. The molecule has 0 heterocycles. The number of hydrogen-bond donors (Lipinski definition) is 2. The van der Waals surface area contributed by atoms with Crippen LogP contribution in [-0.2, 0) is 20.7 Å². The van der Waals surface area contributed by atoms with E-state index < -0.39 is 17.9 Å². The molecule has 5 nitrogen and oxygen atoms in total. The van der Waals surface area contributed by atoms with Crippen LogP contribution in [0, 0.1) is 11.3 Å². The summed E-state index contributed by atoms with van der Waals surface area (Å²) in [6.45, 7) is 0. The Balaban J connectivity index is 2.74. The Bertz CT molecular complexity index is 442. The molecular formula is C13H15NO4. The number of aliphatic carboxylic acids is 1. The highest BCUT2D eigenvalue weighted by molar-refractivity contribution is 6.07. The monoisotopic (exact) mass is 249 g/mol. The summed E-state index contributed by atoms with van der Waals surface area (Å²) in [4.78, 5) is 22.2. The molecule has 96 valence electrons. The van der Waals surface area contributed by atoms with Gasteiger partial charge in [-0.3, -0.25) is 9.59 Å². The van der Waals surface area contributed by atoms with Gasteiger partial charge in [-0.15, -0.1) is 0 Å². The predicted molar refractivity (Wildman–Crippen MR) is 65.6 cm³/mol. The van der Waals surface area contributed by atoms with Crippen LogP contribution in [0.15, 0.2) is 30.3 Å². The molecule has 0 aromatic heterocycles. The molecule has 1 atom stereocenters. The van der Waals surface area contributed by atoms with Gasteiger partial charge in [-0.1, -0.05) is 30.3 Å². The van der Waals surface area contributed by atoms with Gasteiger partial charge in [0.2, 0.25) is 0 Å². The second-order valence-corrected chi connectivity index (χ2v) is 3.86. The van der Waals surface area contributed by atoms with Crippen molar-refractivity contribution in [1.29, 1.82) is 5.41 Å². The molecule has 0 amide bonds. The van der Waals surface area contributed by atoms with Crippen molar-refractivity contribution in [3.63, 3.8) is 0 Å². The topological polar surface area (TPSA) is 87.5 Å². The molecule has 0 fully saturated rings. The fraction of sp³-hybridized carbons (Fsp3) is 0.308. The highest BCUT2D eigenvalue weighted by atomic mass is 16.5. The molecule has 18 heavy (non-hydrogen) atoms. The molecule has 0 aliphatic carbocycles. The van der Waals surface area contributed by atoms with Crippen molar-refractivity contribution < 1.29 is 19.4 Å². The third-order valence-corrected chi connectivity index (χ3v) is 2.56. The average Bonchev–Trinajstić information content (AvgIpc) is 2.36.